The van der Waals surface area contributed by atoms with Crippen molar-refractivity contribution in [2.75, 3.05) is 18.8 Å². The van der Waals surface area contributed by atoms with Crippen LogP contribution in [0.15, 0.2) is 4.99 Å². The fraction of sp³-hybridized carbons (Fsp3) is 0.684. The van der Waals surface area contributed by atoms with E-state index in [0.29, 0.717) is 19.4 Å². The van der Waals surface area contributed by atoms with Gasteiger partial charge in [0, 0.05) is 12.3 Å². The summed E-state index contributed by atoms with van der Waals surface area (Å²) in [5, 5.41) is 25.3. The van der Waals surface area contributed by atoms with E-state index in [0.717, 1.165) is 0 Å². The quantitative estimate of drug-likeness (QED) is 0.0365. The number of hydrogen-bond donors (Lipinski definition) is 10. The molecule has 0 aromatic rings. The number of thiol groups is 1. The Hall–Kier alpha value is -3.11. The first-order chi connectivity index (χ1) is 16.4. The van der Waals surface area contributed by atoms with Gasteiger partial charge in [-0.25, -0.2) is 4.79 Å². The van der Waals surface area contributed by atoms with E-state index in [4.69, 9.17) is 28.0 Å². The third-order valence-electron chi connectivity index (χ3n) is 4.69. The van der Waals surface area contributed by atoms with Crippen molar-refractivity contribution in [2.24, 2.45) is 27.9 Å². The van der Waals surface area contributed by atoms with Gasteiger partial charge in [-0.3, -0.25) is 24.2 Å². The average Bonchev–Trinajstić information content (AvgIpc) is 2.77. The molecule has 3 amide bonds. The molecule has 0 heterocycles. The number of nitrogens with one attached hydrogen (secondary N) is 3. The number of aliphatic carboxylic acids is 2. The Morgan fingerprint density at radius 2 is 1.40 bits per heavy atom. The van der Waals surface area contributed by atoms with Gasteiger partial charge in [0.1, 0.15) is 18.1 Å². The molecule has 0 aliphatic carbocycles. The summed E-state index contributed by atoms with van der Waals surface area (Å²) in [6.07, 6.45) is 0.989. The number of rotatable bonds is 18. The molecule has 0 fully saturated rings. The smallest absolute Gasteiger partial charge is 0.326 e. The van der Waals surface area contributed by atoms with E-state index >= 15 is 0 Å². The molecule has 0 saturated heterocycles. The summed E-state index contributed by atoms with van der Waals surface area (Å²) in [5.74, 6) is -5.64. The highest BCUT2D eigenvalue weighted by molar-refractivity contribution is 7.80. The lowest BCUT2D eigenvalue weighted by molar-refractivity contribution is -0.143. The van der Waals surface area contributed by atoms with Gasteiger partial charge in [0.2, 0.25) is 17.7 Å². The molecule has 4 atom stereocenters. The van der Waals surface area contributed by atoms with Gasteiger partial charge in [0.25, 0.3) is 0 Å². The van der Waals surface area contributed by atoms with Gasteiger partial charge in [0.15, 0.2) is 5.96 Å². The van der Waals surface area contributed by atoms with Crippen molar-refractivity contribution < 1.29 is 34.2 Å². The standard InChI is InChI=1S/C19H36N8O7S/c20-6-2-1-4-10(21)15(30)26-12(8-14(28)29)16(31)27-13(9-35)17(32)25-11(18(33)34)5-3-7-24-19(22)23/h10-13,35H,1-9,20-21H2,(H,25,32)(H,26,30)(H,27,31)(H,28,29)(H,33,34)(H4,22,23,24). The lowest BCUT2D eigenvalue weighted by atomic mass is 10.1. The number of nitrogens with two attached hydrogens (primary N) is 4. The van der Waals surface area contributed by atoms with Crippen LogP contribution >= 0.6 is 12.6 Å². The summed E-state index contributed by atoms with van der Waals surface area (Å²) >= 11 is 4.00. The summed E-state index contributed by atoms with van der Waals surface area (Å²) in [6, 6.07) is -5.11. The average molecular weight is 521 g/mol. The third kappa shape index (κ3) is 14.0. The lowest BCUT2D eigenvalue weighted by Gasteiger charge is -2.23. The Balaban J connectivity index is 5.16. The zero-order chi connectivity index (χ0) is 27.0. The molecule has 4 unspecified atom stereocenters. The van der Waals surface area contributed by atoms with Crippen LogP contribution in [0.1, 0.15) is 38.5 Å². The normalized spacial score (nSPS) is 14.0. The van der Waals surface area contributed by atoms with E-state index in [-0.39, 0.29) is 37.5 Å². The molecule has 0 radical (unpaired) electrons. The van der Waals surface area contributed by atoms with Crippen molar-refractivity contribution >= 4 is 48.2 Å². The Labute approximate surface area is 208 Å². The van der Waals surface area contributed by atoms with Gasteiger partial charge >= 0.3 is 11.9 Å². The molecule has 0 rings (SSSR count). The minimum absolute atomic E-state index is 0.00479. The number of carboxylic acids is 2. The van der Waals surface area contributed by atoms with Crippen LogP contribution in [0, 0.1) is 0 Å². The number of hydrogen-bond acceptors (Lipinski definition) is 9. The second kappa shape index (κ2) is 17.3. The maximum Gasteiger partial charge on any atom is 0.326 e. The van der Waals surface area contributed by atoms with Crippen molar-refractivity contribution in [3.8, 4) is 0 Å². The predicted octanol–water partition coefficient (Wildman–Crippen LogP) is -3.56. The number of amides is 3. The van der Waals surface area contributed by atoms with Crippen molar-refractivity contribution in [3.63, 3.8) is 0 Å². The van der Waals surface area contributed by atoms with Crippen LogP contribution in [-0.2, 0) is 24.0 Å². The fourth-order valence-corrected chi connectivity index (χ4v) is 3.06. The predicted molar refractivity (Wildman–Crippen MR) is 130 cm³/mol. The van der Waals surface area contributed by atoms with Gasteiger partial charge in [-0.2, -0.15) is 12.6 Å². The maximum atomic E-state index is 12.7. The number of aliphatic imine (C=N–C) groups is 1. The Morgan fingerprint density at radius 3 is 1.91 bits per heavy atom. The molecule has 0 aromatic carbocycles. The van der Waals surface area contributed by atoms with Gasteiger partial charge < -0.3 is 49.1 Å². The monoisotopic (exact) mass is 520 g/mol. The third-order valence-corrected chi connectivity index (χ3v) is 5.06. The summed E-state index contributed by atoms with van der Waals surface area (Å²) in [7, 11) is 0. The molecule has 0 saturated carbocycles. The Morgan fingerprint density at radius 1 is 0.829 bits per heavy atom. The first kappa shape index (κ1) is 31.9. The summed E-state index contributed by atoms with van der Waals surface area (Å²) in [6.45, 7) is 0.574. The number of carbonyl (C=O) groups is 5. The highest BCUT2D eigenvalue weighted by Gasteiger charge is 2.30. The van der Waals surface area contributed by atoms with Gasteiger partial charge in [-0.05, 0) is 32.2 Å². The first-order valence-electron chi connectivity index (χ1n) is 10.9. The summed E-state index contributed by atoms with van der Waals surface area (Å²) in [5.41, 5.74) is 21.6. The van der Waals surface area contributed by atoms with Gasteiger partial charge in [-0.1, -0.05) is 6.42 Å². The van der Waals surface area contributed by atoms with Crippen LogP contribution in [0.2, 0.25) is 0 Å². The number of carbonyl (C=O) groups excluding carboxylic acids is 3. The van der Waals surface area contributed by atoms with E-state index in [1.54, 1.807) is 0 Å². The van der Waals surface area contributed by atoms with E-state index in [1.165, 1.54) is 0 Å². The molecule has 0 spiro atoms. The molecule has 16 heteroatoms. The molecule has 0 aliphatic heterocycles. The molecule has 0 aromatic heterocycles. The van der Waals surface area contributed by atoms with Crippen LogP contribution < -0.4 is 38.9 Å². The largest absolute Gasteiger partial charge is 0.481 e. The molecule has 13 N–H and O–H groups in total. The molecule has 15 nitrogen and oxygen atoms in total. The van der Waals surface area contributed by atoms with Crippen molar-refractivity contribution in [1.29, 1.82) is 0 Å². The lowest BCUT2D eigenvalue weighted by Crippen LogP contribution is -2.58. The van der Waals surface area contributed by atoms with Crippen LogP contribution in [-0.4, -0.2) is 88.8 Å². The first-order valence-corrected chi connectivity index (χ1v) is 11.5. The Bertz CT molecular complexity index is 763. The van der Waals surface area contributed by atoms with E-state index in [2.05, 4.69) is 33.6 Å². The molecule has 0 bridgehead atoms. The van der Waals surface area contributed by atoms with Crippen LogP contribution in [0.25, 0.3) is 0 Å². The number of guanidine groups is 1. The zero-order valence-corrected chi connectivity index (χ0v) is 20.2. The van der Waals surface area contributed by atoms with E-state index in [1.807, 2.05) is 0 Å². The molecular weight excluding hydrogens is 484 g/mol. The van der Waals surface area contributed by atoms with Crippen molar-refractivity contribution in [2.45, 2.75) is 62.7 Å². The summed E-state index contributed by atoms with van der Waals surface area (Å²) in [4.78, 5) is 63.9. The number of nitrogens with zero attached hydrogens (tertiary/aromatic N) is 1. The highest BCUT2D eigenvalue weighted by atomic mass is 32.1. The van der Waals surface area contributed by atoms with Crippen LogP contribution in [0.4, 0.5) is 0 Å². The van der Waals surface area contributed by atoms with Gasteiger partial charge in [0.05, 0.1) is 12.5 Å². The van der Waals surface area contributed by atoms with Crippen molar-refractivity contribution in [1.82, 2.24) is 16.0 Å². The zero-order valence-electron chi connectivity index (χ0n) is 19.3. The SMILES string of the molecule is NCCCCC(N)C(=O)NC(CC(=O)O)C(=O)NC(CS)C(=O)NC(CCCN=C(N)N)C(=O)O. The van der Waals surface area contributed by atoms with Gasteiger partial charge in [-0.15, -0.1) is 0 Å². The maximum absolute atomic E-state index is 12.7. The fourth-order valence-electron chi connectivity index (χ4n) is 2.80. The Kier molecular flexibility index (Phi) is 15.8. The minimum Gasteiger partial charge on any atom is -0.481 e. The molecular formula is C19H36N8O7S. The topological polar surface area (TPSA) is 278 Å². The van der Waals surface area contributed by atoms with Crippen LogP contribution in [0.5, 0.6) is 0 Å². The molecule has 0 aliphatic rings. The second-order valence-electron chi connectivity index (χ2n) is 7.64. The van der Waals surface area contributed by atoms with E-state index in [9.17, 15) is 29.1 Å². The van der Waals surface area contributed by atoms with E-state index < -0.39 is 60.2 Å². The highest BCUT2D eigenvalue weighted by Crippen LogP contribution is 2.03. The minimum atomic E-state index is -1.52. The number of unbranched alkanes of at least 4 members (excludes halogenated alkanes) is 1. The second-order valence-corrected chi connectivity index (χ2v) is 8.01. The summed E-state index contributed by atoms with van der Waals surface area (Å²) < 4.78 is 0. The number of carboxylic acid groups (broad SMARTS) is 2. The molecule has 35 heavy (non-hydrogen) atoms. The molecule has 200 valence electrons. The van der Waals surface area contributed by atoms with Crippen LogP contribution in [0.3, 0.4) is 0 Å². The van der Waals surface area contributed by atoms with Crippen molar-refractivity contribution in [3.05, 3.63) is 0 Å².